The second kappa shape index (κ2) is 2.90. The molecule has 1 aromatic heterocycles. The van der Waals surface area contributed by atoms with Crippen molar-refractivity contribution >= 4 is 17.4 Å². The molecule has 0 atom stereocenters. The lowest BCUT2D eigenvalue weighted by Crippen LogP contribution is -1.87. The Morgan fingerprint density at radius 3 is 3.08 bits per heavy atom. The molecule has 0 saturated heterocycles. The quantitative estimate of drug-likeness (QED) is 0.654. The summed E-state index contributed by atoms with van der Waals surface area (Å²) < 4.78 is 10.0. The second-order valence-corrected chi connectivity index (χ2v) is 2.53. The highest BCUT2D eigenvalue weighted by Gasteiger charge is 2.07. The molecule has 4 nitrogen and oxygen atoms in total. The van der Waals surface area contributed by atoms with Gasteiger partial charge >= 0.3 is 0 Å². The Morgan fingerprint density at radius 1 is 1.54 bits per heavy atom. The predicted molar refractivity (Wildman–Crippen MR) is 45.9 cm³/mol. The zero-order valence-electron chi connectivity index (χ0n) is 6.98. The number of hydrogen-bond acceptors (Lipinski definition) is 4. The first-order valence-corrected chi connectivity index (χ1v) is 3.71. The Hall–Kier alpha value is -1.84. The summed E-state index contributed by atoms with van der Waals surface area (Å²) in [7, 11) is 1.53. The fraction of sp³-hybridized carbons (Fsp3) is 0.111. The summed E-state index contributed by atoms with van der Waals surface area (Å²) in [4.78, 5) is 14.6. The molecule has 1 aromatic carbocycles. The smallest absolute Gasteiger partial charge is 0.182 e. The fourth-order valence-electron chi connectivity index (χ4n) is 1.17. The summed E-state index contributed by atoms with van der Waals surface area (Å²) in [5.74, 6) is 0.589. The van der Waals surface area contributed by atoms with Crippen molar-refractivity contribution in [2.75, 3.05) is 7.11 Å². The highest BCUT2D eigenvalue weighted by Crippen LogP contribution is 2.22. The Balaban J connectivity index is 2.77. The van der Waals surface area contributed by atoms with Gasteiger partial charge in [-0.2, -0.15) is 0 Å². The molecule has 0 spiro atoms. The van der Waals surface area contributed by atoms with Gasteiger partial charge in [-0.1, -0.05) is 0 Å². The Labute approximate surface area is 74.1 Å². The van der Waals surface area contributed by atoms with Gasteiger partial charge in [-0.15, -0.1) is 0 Å². The van der Waals surface area contributed by atoms with E-state index in [4.69, 9.17) is 9.15 Å². The molecule has 0 aliphatic carbocycles. The normalized spacial score (nSPS) is 10.2. The third kappa shape index (κ3) is 1.16. The zero-order chi connectivity index (χ0) is 9.26. The molecule has 4 heteroatoms. The zero-order valence-corrected chi connectivity index (χ0v) is 6.98. The van der Waals surface area contributed by atoms with Crippen LogP contribution in [0.5, 0.6) is 5.75 Å². The van der Waals surface area contributed by atoms with Crippen molar-refractivity contribution in [1.29, 1.82) is 0 Å². The maximum absolute atomic E-state index is 10.6. The summed E-state index contributed by atoms with van der Waals surface area (Å²) in [6.07, 6.45) is 2.03. The lowest BCUT2D eigenvalue weighted by Gasteiger charge is -1.99. The SMILES string of the molecule is COc1cc(C=O)c2ncoc2c1. The first-order valence-electron chi connectivity index (χ1n) is 3.71. The molecular weight excluding hydrogens is 170 g/mol. The highest BCUT2D eigenvalue weighted by atomic mass is 16.5. The number of hydrogen-bond donors (Lipinski definition) is 0. The summed E-state index contributed by atoms with van der Waals surface area (Å²) in [6.45, 7) is 0. The van der Waals surface area contributed by atoms with Crippen molar-refractivity contribution in [3.63, 3.8) is 0 Å². The average Bonchev–Trinajstić information content (AvgIpc) is 2.63. The van der Waals surface area contributed by atoms with Gasteiger partial charge in [-0.05, 0) is 6.07 Å². The number of rotatable bonds is 2. The number of carbonyl (C=O) groups excluding carboxylic acids is 1. The predicted octanol–water partition coefficient (Wildman–Crippen LogP) is 1.65. The van der Waals surface area contributed by atoms with Gasteiger partial charge in [0.15, 0.2) is 18.3 Å². The number of carbonyl (C=O) groups is 1. The van der Waals surface area contributed by atoms with Crippen LogP contribution in [0.15, 0.2) is 22.9 Å². The average molecular weight is 177 g/mol. The number of aldehydes is 1. The Morgan fingerprint density at radius 2 is 2.38 bits per heavy atom. The van der Waals surface area contributed by atoms with E-state index in [2.05, 4.69) is 4.98 Å². The van der Waals surface area contributed by atoms with E-state index in [0.29, 0.717) is 22.4 Å². The van der Waals surface area contributed by atoms with Crippen LogP contribution < -0.4 is 4.74 Å². The van der Waals surface area contributed by atoms with Crippen LogP contribution in [0.4, 0.5) is 0 Å². The standard InChI is InChI=1S/C9H7NO3/c1-12-7-2-6(4-11)9-8(3-7)13-5-10-9/h2-5H,1H3. The van der Waals surface area contributed by atoms with Crippen LogP contribution >= 0.6 is 0 Å². The lowest BCUT2D eigenvalue weighted by atomic mass is 10.2. The van der Waals surface area contributed by atoms with Crippen molar-refractivity contribution in [1.82, 2.24) is 4.98 Å². The minimum atomic E-state index is 0.475. The molecular formula is C9H7NO3. The molecule has 66 valence electrons. The van der Waals surface area contributed by atoms with Crippen molar-refractivity contribution in [2.24, 2.45) is 0 Å². The van der Waals surface area contributed by atoms with E-state index in [1.165, 1.54) is 13.5 Å². The highest BCUT2D eigenvalue weighted by molar-refractivity contribution is 5.94. The molecule has 2 aromatic rings. The molecule has 0 fully saturated rings. The maximum Gasteiger partial charge on any atom is 0.182 e. The van der Waals surface area contributed by atoms with Crippen LogP contribution in [0.1, 0.15) is 10.4 Å². The van der Waals surface area contributed by atoms with Crippen molar-refractivity contribution in [3.8, 4) is 5.75 Å². The number of fused-ring (bicyclic) bond motifs is 1. The summed E-state index contributed by atoms with van der Waals surface area (Å²) in [6, 6.07) is 3.31. The van der Waals surface area contributed by atoms with E-state index in [0.717, 1.165) is 6.29 Å². The minimum absolute atomic E-state index is 0.475. The van der Waals surface area contributed by atoms with Crippen LogP contribution in [0.3, 0.4) is 0 Å². The van der Waals surface area contributed by atoms with Crippen LogP contribution in [0, 0.1) is 0 Å². The Bertz CT molecular complexity index is 447. The topological polar surface area (TPSA) is 52.3 Å². The molecule has 0 saturated carbocycles. The Kier molecular flexibility index (Phi) is 1.73. The van der Waals surface area contributed by atoms with E-state index in [-0.39, 0.29) is 0 Å². The molecule has 0 unspecified atom stereocenters. The molecule has 0 aliphatic heterocycles. The van der Waals surface area contributed by atoms with Crippen LogP contribution in [0.25, 0.3) is 11.1 Å². The van der Waals surface area contributed by atoms with Gasteiger partial charge in [0.25, 0.3) is 0 Å². The number of oxazole rings is 1. The van der Waals surface area contributed by atoms with E-state index in [9.17, 15) is 4.79 Å². The number of nitrogens with zero attached hydrogens (tertiary/aromatic N) is 1. The molecule has 0 radical (unpaired) electrons. The molecule has 0 N–H and O–H groups in total. The third-order valence-electron chi connectivity index (χ3n) is 1.80. The molecule has 2 rings (SSSR count). The number of benzene rings is 1. The van der Waals surface area contributed by atoms with Gasteiger partial charge < -0.3 is 9.15 Å². The fourth-order valence-corrected chi connectivity index (χ4v) is 1.17. The molecule has 0 amide bonds. The van der Waals surface area contributed by atoms with Gasteiger partial charge in [0.05, 0.1) is 7.11 Å². The number of ether oxygens (including phenoxy) is 1. The summed E-state index contributed by atoms with van der Waals surface area (Å²) in [5, 5.41) is 0. The lowest BCUT2D eigenvalue weighted by molar-refractivity contribution is 0.112. The van der Waals surface area contributed by atoms with E-state index < -0.39 is 0 Å². The van der Waals surface area contributed by atoms with Gasteiger partial charge in [0.1, 0.15) is 11.3 Å². The first kappa shape index (κ1) is 7.79. The molecule has 0 aliphatic rings. The van der Waals surface area contributed by atoms with Gasteiger partial charge in [-0.3, -0.25) is 4.79 Å². The maximum atomic E-state index is 10.6. The van der Waals surface area contributed by atoms with E-state index >= 15 is 0 Å². The van der Waals surface area contributed by atoms with Crippen molar-refractivity contribution in [3.05, 3.63) is 24.1 Å². The number of methoxy groups -OCH3 is 1. The summed E-state index contributed by atoms with van der Waals surface area (Å²) in [5.41, 5.74) is 1.60. The second-order valence-electron chi connectivity index (χ2n) is 2.53. The van der Waals surface area contributed by atoms with Crippen LogP contribution in [0.2, 0.25) is 0 Å². The third-order valence-corrected chi connectivity index (χ3v) is 1.80. The van der Waals surface area contributed by atoms with E-state index in [1.54, 1.807) is 12.1 Å². The largest absolute Gasteiger partial charge is 0.497 e. The van der Waals surface area contributed by atoms with Crippen molar-refractivity contribution in [2.45, 2.75) is 0 Å². The molecule has 0 bridgehead atoms. The van der Waals surface area contributed by atoms with Crippen LogP contribution in [-0.4, -0.2) is 18.4 Å². The van der Waals surface area contributed by atoms with Crippen molar-refractivity contribution < 1.29 is 13.9 Å². The molecule has 13 heavy (non-hydrogen) atoms. The van der Waals surface area contributed by atoms with E-state index in [1.807, 2.05) is 0 Å². The summed E-state index contributed by atoms with van der Waals surface area (Å²) >= 11 is 0. The van der Waals surface area contributed by atoms with Gasteiger partial charge in [-0.25, -0.2) is 4.98 Å². The first-order chi connectivity index (χ1) is 6.35. The van der Waals surface area contributed by atoms with Gasteiger partial charge in [0, 0.05) is 11.6 Å². The number of aromatic nitrogens is 1. The van der Waals surface area contributed by atoms with Gasteiger partial charge in [0.2, 0.25) is 0 Å². The minimum Gasteiger partial charge on any atom is -0.497 e. The molecule has 1 heterocycles. The monoisotopic (exact) mass is 177 g/mol. The van der Waals surface area contributed by atoms with Crippen LogP contribution in [-0.2, 0) is 0 Å².